The monoisotopic (exact) mass is 327 g/mol. The van der Waals surface area contributed by atoms with Gasteiger partial charge in [0.15, 0.2) is 0 Å². The number of benzene rings is 1. The zero-order valence-corrected chi connectivity index (χ0v) is 13.5. The number of hydrogen-bond donors (Lipinski definition) is 3. The Morgan fingerprint density at radius 2 is 2.21 bits per heavy atom. The van der Waals surface area contributed by atoms with Gasteiger partial charge >= 0.3 is 0 Å². The van der Waals surface area contributed by atoms with Crippen molar-refractivity contribution in [1.82, 2.24) is 15.6 Å². The molecule has 1 aliphatic heterocycles. The molecule has 0 radical (unpaired) electrons. The molecule has 0 aliphatic carbocycles. The maximum Gasteiger partial charge on any atom is 0.251 e. The number of aliphatic hydroxyl groups is 1. The number of amides is 1. The van der Waals surface area contributed by atoms with Gasteiger partial charge < -0.3 is 20.5 Å². The fraction of sp³-hybridized carbons (Fsp3) is 0.333. The van der Waals surface area contributed by atoms with E-state index in [1.54, 1.807) is 12.1 Å². The highest BCUT2D eigenvalue weighted by atomic mass is 16.5. The average Bonchev–Trinajstić information content (AvgIpc) is 2.65. The molecule has 1 aromatic heterocycles. The third kappa shape index (κ3) is 3.72. The van der Waals surface area contributed by atoms with Crippen molar-refractivity contribution in [3.8, 4) is 5.88 Å². The smallest absolute Gasteiger partial charge is 0.251 e. The lowest BCUT2D eigenvalue weighted by atomic mass is 9.93. The van der Waals surface area contributed by atoms with E-state index < -0.39 is 6.10 Å². The van der Waals surface area contributed by atoms with Gasteiger partial charge in [0.2, 0.25) is 5.88 Å². The van der Waals surface area contributed by atoms with Crippen LogP contribution in [0, 0.1) is 0 Å². The molecule has 3 rings (SSSR count). The van der Waals surface area contributed by atoms with Crippen molar-refractivity contribution in [2.75, 3.05) is 13.7 Å². The first-order valence-electron chi connectivity index (χ1n) is 7.94. The Kier molecular flexibility index (Phi) is 5.08. The van der Waals surface area contributed by atoms with E-state index >= 15 is 0 Å². The van der Waals surface area contributed by atoms with Gasteiger partial charge in [-0.05, 0) is 23.6 Å². The zero-order valence-electron chi connectivity index (χ0n) is 13.5. The lowest BCUT2D eigenvalue weighted by Gasteiger charge is -2.30. The Bertz CT molecular complexity index is 720. The summed E-state index contributed by atoms with van der Waals surface area (Å²) in [5.41, 5.74) is 2.95. The van der Waals surface area contributed by atoms with Gasteiger partial charge in [-0.3, -0.25) is 4.79 Å². The van der Waals surface area contributed by atoms with E-state index in [0.29, 0.717) is 11.4 Å². The molecule has 2 unspecified atom stereocenters. The Labute approximate surface area is 140 Å². The molecule has 6 heteroatoms. The summed E-state index contributed by atoms with van der Waals surface area (Å²) in [7, 11) is 1.50. The minimum atomic E-state index is -0.661. The molecule has 1 aliphatic rings. The van der Waals surface area contributed by atoms with Crippen molar-refractivity contribution in [3.63, 3.8) is 0 Å². The molecule has 2 heterocycles. The topological polar surface area (TPSA) is 83.5 Å². The molecule has 2 atom stereocenters. The number of nitrogens with zero attached hydrogens (tertiary/aromatic N) is 1. The van der Waals surface area contributed by atoms with Crippen molar-refractivity contribution in [3.05, 3.63) is 59.3 Å². The standard InChI is InChI=1S/C18H21N3O3/c1-24-17-9-13(6-7-19-17)18(23)21-11-16(22)15-8-12-4-2-3-5-14(12)10-20-15/h2-7,9,15-16,20,22H,8,10-11H2,1H3,(H,21,23). The van der Waals surface area contributed by atoms with Crippen LogP contribution in [-0.4, -0.2) is 41.8 Å². The van der Waals surface area contributed by atoms with Crippen molar-refractivity contribution in [1.29, 1.82) is 0 Å². The first kappa shape index (κ1) is 16.4. The number of aromatic nitrogens is 1. The van der Waals surface area contributed by atoms with Gasteiger partial charge in [-0.25, -0.2) is 4.98 Å². The second kappa shape index (κ2) is 7.42. The fourth-order valence-corrected chi connectivity index (χ4v) is 2.86. The molecule has 0 saturated carbocycles. The van der Waals surface area contributed by atoms with Gasteiger partial charge in [0.25, 0.3) is 5.91 Å². The number of ether oxygens (including phenoxy) is 1. The Hall–Kier alpha value is -2.44. The fourth-order valence-electron chi connectivity index (χ4n) is 2.86. The number of aliphatic hydroxyl groups excluding tert-OH is 1. The molecule has 2 aromatic rings. The van der Waals surface area contributed by atoms with Gasteiger partial charge in [0.1, 0.15) is 0 Å². The molecule has 0 bridgehead atoms. The summed E-state index contributed by atoms with van der Waals surface area (Å²) in [5.74, 6) is 0.125. The van der Waals surface area contributed by atoms with E-state index in [-0.39, 0.29) is 18.5 Å². The van der Waals surface area contributed by atoms with Crippen LogP contribution >= 0.6 is 0 Å². The van der Waals surface area contributed by atoms with E-state index in [2.05, 4.69) is 27.8 Å². The van der Waals surface area contributed by atoms with E-state index in [4.69, 9.17) is 4.74 Å². The van der Waals surface area contributed by atoms with Crippen LogP contribution in [0.2, 0.25) is 0 Å². The van der Waals surface area contributed by atoms with Gasteiger partial charge in [-0.15, -0.1) is 0 Å². The highest BCUT2D eigenvalue weighted by Gasteiger charge is 2.24. The van der Waals surface area contributed by atoms with Crippen LogP contribution in [0.1, 0.15) is 21.5 Å². The SMILES string of the molecule is COc1cc(C(=O)NCC(O)C2Cc3ccccc3CN2)ccn1. The summed E-state index contributed by atoms with van der Waals surface area (Å²) in [4.78, 5) is 16.1. The summed E-state index contributed by atoms with van der Waals surface area (Å²) < 4.78 is 5.01. The molecular formula is C18H21N3O3. The summed E-state index contributed by atoms with van der Waals surface area (Å²) in [5, 5.41) is 16.5. The molecule has 3 N–H and O–H groups in total. The molecule has 1 amide bonds. The summed E-state index contributed by atoms with van der Waals surface area (Å²) in [6.07, 6.45) is 1.60. The second-order valence-electron chi connectivity index (χ2n) is 5.82. The molecule has 0 fully saturated rings. The number of methoxy groups -OCH3 is 1. The number of carbonyl (C=O) groups excluding carboxylic acids is 1. The lowest BCUT2D eigenvalue weighted by Crippen LogP contribution is -2.49. The third-order valence-electron chi connectivity index (χ3n) is 4.26. The summed E-state index contributed by atoms with van der Waals surface area (Å²) >= 11 is 0. The summed E-state index contributed by atoms with van der Waals surface area (Å²) in [6, 6.07) is 11.3. The normalized spacial score (nSPS) is 17.7. The predicted octanol–water partition coefficient (Wildman–Crippen LogP) is 0.895. The van der Waals surface area contributed by atoms with Crippen LogP contribution in [0.5, 0.6) is 5.88 Å². The predicted molar refractivity (Wildman–Crippen MR) is 89.9 cm³/mol. The van der Waals surface area contributed by atoms with Crippen LogP contribution in [0.15, 0.2) is 42.6 Å². The van der Waals surface area contributed by atoms with Crippen molar-refractivity contribution >= 4 is 5.91 Å². The quantitative estimate of drug-likeness (QED) is 0.760. The number of nitrogens with one attached hydrogen (secondary N) is 2. The van der Waals surface area contributed by atoms with Crippen LogP contribution in [0.4, 0.5) is 0 Å². The van der Waals surface area contributed by atoms with Crippen molar-refractivity contribution < 1.29 is 14.6 Å². The first-order chi connectivity index (χ1) is 11.7. The average molecular weight is 327 g/mol. The Morgan fingerprint density at radius 3 is 3.00 bits per heavy atom. The van der Waals surface area contributed by atoms with Crippen LogP contribution in [0.3, 0.4) is 0 Å². The first-order valence-corrected chi connectivity index (χ1v) is 7.94. The van der Waals surface area contributed by atoms with Gasteiger partial charge in [0.05, 0.1) is 13.2 Å². The van der Waals surface area contributed by atoms with Crippen LogP contribution in [-0.2, 0) is 13.0 Å². The molecule has 0 saturated heterocycles. The van der Waals surface area contributed by atoms with E-state index in [9.17, 15) is 9.90 Å². The van der Waals surface area contributed by atoms with Crippen molar-refractivity contribution in [2.24, 2.45) is 0 Å². The number of fused-ring (bicyclic) bond motifs is 1. The minimum absolute atomic E-state index is 0.0767. The highest BCUT2D eigenvalue weighted by Crippen LogP contribution is 2.17. The van der Waals surface area contributed by atoms with Gasteiger partial charge in [-0.1, -0.05) is 24.3 Å². The molecule has 1 aromatic carbocycles. The van der Waals surface area contributed by atoms with E-state index in [1.165, 1.54) is 24.4 Å². The zero-order chi connectivity index (χ0) is 16.9. The lowest BCUT2D eigenvalue weighted by molar-refractivity contribution is 0.0869. The molecule has 0 spiro atoms. The molecule has 126 valence electrons. The van der Waals surface area contributed by atoms with E-state index in [1.807, 2.05) is 12.1 Å². The number of pyridine rings is 1. The Morgan fingerprint density at radius 1 is 1.42 bits per heavy atom. The third-order valence-corrected chi connectivity index (χ3v) is 4.26. The summed E-state index contributed by atoms with van der Waals surface area (Å²) in [6.45, 7) is 0.913. The van der Waals surface area contributed by atoms with Gasteiger partial charge in [0, 0.05) is 37.0 Å². The largest absolute Gasteiger partial charge is 0.481 e. The maximum absolute atomic E-state index is 12.2. The van der Waals surface area contributed by atoms with Crippen LogP contribution in [0.25, 0.3) is 0 Å². The van der Waals surface area contributed by atoms with Gasteiger partial charge in [-0.2, -0.15) is 0 Å². The maximum atomic E-state index is 12.2. The number of carbonyl (C=O) groups is 1. The number of hydrogen-bond acceptors (Lipinski definition) is 5. The van der Waals surface area contributed by atoms with Crippen molar-refractivity contribution in [2.45, 2.75) is 25.1 Å². The second-order valence-corrected chi connectivity index (χ2v) is 5.82. The molecular weight excluding hydrogens is 306 g/mol. The molecule has 24 heavy (non-hydrogen) atoms. The highest BCUT2D eigenvalue weighted by molar-refractivity contribution is 5.94. The minimum Gasteiger partial charge on any atom is -0.481 e. The van der Waals surface area contributed by atoms with Crippen LogP contribution < -0.4 is 15.4 Å². The van der Waals surface area contributed by atoms with E-state index in [0.717, 1.165) is 13.0 Å². The number of rotatable bonds is 5. The molecule has 6 nitrogen and oxygen atoms in total. The Balaban J connectivity index is 1.56.